The van der Waals surface area contributed by atoms with E-state index in [1.807, 2.05) is 0 Å². The Hall–Kier alpha value is -3.37. The van der Waals surface area contributed by atoms with E-state index in [1.54, 1.807) is 61.2 Å². The maximum Gasteiger partial charge on any atom is 0.257 e. The summed E-state index contributed by atoms with van der Waals surface area (Å²) in [5.41, 5.74) is 0.271. The molecule has 2 N–H and O–H groups in total. The summed E-state index contributed by atoms with van der Waals surface area (Å²) in [6.45, 7) is 1.50. The number of nitrogens with one attached hydrogen (secondary N) is 1. The Labute approximate surface area is 198 Å². The van der Waals surface area contributed by atoms with Crippen molar-refractivity contribution < 1.29 is 27.8 Å². The number of carbonyl (C=O) groups excluding carboxylic acids is 1. The van der Waals surface area contributed by atoms with E-state index in [0.29, 0.717) is 35.9 Å². The van der Waals surface area contributed by atoms with Gasteiger partial charge in [0.2, 0.25) is 0 Å². The van der Waals surface area contributed by atoms with Crippen molar-refractivity contribution in [3.63, 3.8) is 0 Å². The van der Waals surface area contributed by atoms with Crippen LogP contribution in [0.1, 0.15) is 36.5 Å². The lowest BCUT2D eigenvalue weighted by molar-refractivity contribution is 0.102. The van der Waals surface area contributed by atoms with E-state index in [2.05, 4.69) is 10.4 Å². The molecular formula is C24H27N3O6S. The minimum Gasteiger partial charge on any atom is -0.488 e. The monoisotopic (exact) mass is 485 g/mol. The highest BCUT2D eigenvalue weighted by atomic mass is 32.2. The van der Waals surface area contributed by atoms with E-state index in [-0.39, 0.29) is 22.3 Å². The Balaban J connectivity index is 1.56. The average Bonchev–Trinajstić information content (AvgIpc) is 3.16. The summed E-state index contributed by atoms with van der Waals surface area (Å²) < 4.78 is 38.4. The number of nitrogens with zero attached hydrogens (tertiary/aromatic N) is 2. The summed E-state index contributed by atoms with van der Waals surface area (Å²) in [6.07, 6.45) is 3.56. The lowest BCUT2D eigenvalue weighted by atomic mass is 10.00. The zero-order chi connectivity index (χ0) is 24.3. The van der Waals surface area contributed by atoms with Crippen LogP contribution in [0.25, 0.3) is 0 Å². The van der Waals surface area contributed by atoms with Crippen LogP contribution in [0.5, 0.6) is 17.2 Å². The molecule has 3 aromatic rings. The third-order valence-corrected chi connectivity index (χ3v) is 7.85. The summed E-state index contributed by atoms with van der Waals surface area (Å²) in [4.78, 5) is 13.1. The fraction of sp³-hybridized carbons (Fsp3) is 0.333. The Bertz CT molecular complexity index is 1270. The molecule has 4 rings (SSSR count). The lowest BCUT2D eigenvalue weighted by Crippen LogP contribution is -2.28. The number of aliphatic hydroxyl groups is 1. The predicted octanol–water partition coefficient (Wildman–Crippen LogP) is 3.55. The first-order valence-electron chi connectivity index (χ1n) is 11.0. The van der Waals surface area contributed by atoms with Gasteiger partial charge in [-0.3, -0.25) is 9.48 Å². The molecule has 0 saturated heterocycles. The Morgan fingerprint density at radius 3 is 2.44 bits per heavy atom. The van der Waals surface area contributed by atoms with Crippen LogP contribution in [0.3, 0.4) is 0 Å². The van der Waals surface area contributed by atoms with Crippen LogP contribution in [-0.4, -0.2) is 47.2 Å². The number of benzene rings is 2. The standard InChI is InChI=1S/C24H27N3O6S/c1-16(15-28)32-19-12-17(24(29)25-23-10-11-27(2)26-23)13-20(14-19)33-18-6-8-22(9-7-18)34(30,31)21-4-3-5-21/h6-14,16,21,28H,3-5,15H2,1-2H3,(H,25,26,29). The van der Waals surface area contributed by atoms with Crippen LogP contribution in [-0.2, 0) is 16.9 Å². The number of aromatic nitrogens is 2. The van der Waals surface area contributed by atoms with Crippen LogP contribution in [0.2, 0.25) is 0 Å². The Morgan fingerprint density at radius 1 is 1.15 bits per heavy atom. The summed E-state index contributed by atoms with van der Waals surface area (Å²) in [5, 5.41) is 15.9. The van der Waals surface area contributed by atoms with Gasteiger partial charge in [0.15, 0.2) is 15.7 Å². The summed E-state index contributed by atoms with van der Waals surface area (Å²) in [6, 6.07) is 12.6. The second-order valence-electron chi connectivity index (χ2n) is 8.30. The van der Waals surface area contributed by atoms with Gasteiger partial charge >= 0.3 is 0 Å². The smallest absolute Gasteiger partial charge is 0.257 e. The number of rotatable bonds is 9. The van der Waals surface area contributed by atoms with Crippen molar-refractivity contribution >= 4 is 21.6 Å². The second-order valence-corrected chi connectivity index (χ2v) is 10.5. The Kier molecular flexibility index (Phi) is 6.90. The quantitative estimate of drug-likeness (QED) is 0.476. The van der Waals surface area contributed by atoms with Crippen molar-refractivity contribution in [1.29, 1.82) is 0 Å². The molecule has 0 radical (unpaired) electrons. The van der Waals surface area contributed by atoms with E-state index >= 15 is 0 Å². The minimum absolute atomic E-state index is 0.197. The van der Waals surface area contributed by atoms with Crippen LogP contribution >= 0.6 is 0 Å². The Morgan fingerprint density at radius 2 is 1.85 bits per heavy atom. The van der Waals surface area contributed by atoms with Gasteiger partial charge in [-0.2, -0.15) is 5.10 Å². The highest BCUT2D eigenvalue weighted by molar-refractivity contribution is 7.92. The molecule has 1 aliphatic carbocycles. The SMILES string of the molecule is CC(CO)Oc1cc(Oc2ccc(S(=O)(=O)C3CCC3)cc2)cc(C(=O)Nc2ccn(C)n2)c1. The van der Waals surface area contributed by atoms with E-state index in [0.717, 1.165) is 6.42 Å². The molecule has 2 aromatic carbocycles. The number of aliphatic hydroxyl groups excluding tert-OH is 1. The van der Waals surface area contributed by atoms with E-state index in [4.69, 9.17) is 9.47 Å². The molecule has 1 heterocycles. The van der Waals surface area contributed by atoms with Crippen LogP contribution in [0.15, 0.2) is 59.6 Å². The number of aryl methyl sites for hydroxylation is 1. The maximum absolute atomic E-state index is 12.8. The molecule has 1 unspecified atom stereocenters. The summed E-state index contributed by atoms with van der Waals surface area (Å²) >= 11 is 0. The first-order chi connectivity index (χ1) is 16.2. The third-order valence-electron chi connectivity index (χ3n) is 5.57. The number of sulfone groups is 1. The first-order valence-corrected chi connectivity index (χ1v) is 12.5. The van der Waals surface area contributed by atoms with Gasteiger partial charge in [-0.1, -0.05) is 6.42 Å². The van der Waals surface area contributed by atoms with E-state index in [9.17, 15) is 18.3 Å². The van der Waals surface area contributed by atoms with E-state index < -0.39 is 21.8 Å². The molecule has 34 heavy (non-hydrogen) atoms. The largest absolute Gasteiger partial charge is 0.488 e. The molecule has 1 aliphatic rings. The second kappa shape index (κ2) is 9.86. The normalized spacial score (nSPS) is 14.8. The third kappa shape index (κ3) is 5.40. The maximum atomic E-state index is 12.8. The molecule has 10 heteroatoms. The summed E-state index contributed by atoms with van der Waals surface area (Å²) in [5.74, 6) is 1.06. The van der Waals surface area contributed by atoms with Gasteiger partial charge in [0.05, 0.1) is 16.8 Å². The molecule has 1 atom stereocenters. The van der Waals surface area contributed by atoms with Crippen molar-refractivity contribution in [2.75, 3.05) is 11.9 Å². The number of ether oxygens (including phenoxy) is 2. The highest BCUT2D eigenvalue weighted by Crippen LogP contribution is 2.33. The molecule has 0 spiro atoms. The van der Waals surface area contributed by atoms with Gasteiger partial charge in [0.1, 0.15) is 23.4 Å². The number of carbonyl (C=O) groups is 1. The van der Waals surface area contributed by atoms with Crippen LogP contribution in [0.4, 0.5) is 5.82 Å². The van der Waals surface area contributed by atoms with Gasteiger partial charge in [0, 0.05) is 30.9 Å². The van der Waals surface area contributed by atoms with E-state index in [1.165, 1.54) is 12.1 Å². The fourth-order valence-electron chi connectivity index (χ4n) is 3.48. The zero-order valence-electron chi connectivity index (χ0n) is 19.0. The lowest BCUT2D eigenvalue weighted by Gasteiger charge is -2.25. The molecule has 1 saturated carbocycles. The molecule has 1 fully saturated rings. The molecule has 0 aliphatic heterocycles. The molecule has 9 nitrogen and oxygen atoms in total. The van der Waals surface area contributed by atoms with Gasteiger partial charge in [-0.15, -0.1) is 0 Å². The van der Waals surface area contributed by atoms with Gasteiger partial charge < -0.3 is 19.9 Å². The van der Waals surface area contributed by atoms with Gasteiger partial charge in [-0.25, -0.2) is 8.42 Å². The van der Waals surface area contributed by atoms with Crippen LogP contribution < -0.4 is 14.8 Å². The topological polar surface area (TPSA) is 120 Å². The number of amides is 1. The van der Waals surface area contributed by atoms with Crippen molar-refractivity contribution in [2.24, 2.45) is 7.05 Å². The molecular weight excluding hydrogens is 458 g/mol. The number of anilines is 1. The van der Waals surface area contributed by atoms with Crippen LogP contribution in [0, 0.1) is 0 Å². The predicted molar refractivity (Wildman–Crippen MR) is 126 cm³/mol. The zero-order valence-corrected chi connectivity index (χ0v) is 19.8. The van der Waals surface area contributed by atoms with Crippen molar-refractivity contribution in [3.05, 3.63) is 60.3 Å². The fourth-order valence-corrected chi connectivity index (χ4v) is 5.33. The number of hydrogen-bond acceptors (Lipinski definition) is 7. The number of hydrogen-bond donors (Lipinski definition) is 2. The summed E-state index contributed by atoms with van der Waals surface area (Å²) in [7, 11) is -1.58. The molecule has 0 bridgehead atoms. The van der Waals surface area contributed by atoms with Crippen molar-refractivity contribution in [2.45, 2.75) is 42.4 Å². The highest BCUT2D eigenvalue weighted by Gasteiger charge is 2.32. The molecule has 1 amide bonds. The van der Waals surface area contributed by atoms with Crippen molar-refractivity contribution in [3.8, 4) is 17.2 Å². The van der Waals surface area contributed by atoms with Gasteiger partial charge in [0.25, 0.3) is 5.91 Å². The molecule has 1 aromatic heterocycles. The average molecular weight is 486 g/mol. The van der Waals surface area contributed by atoms with Gasteiger partial charge in [-0.05, 0) is 56.2 Å². The minimum atomic E-state index is -3.32. The first kappa shape index (κ1) is 23.8. The molecule has 180 valence electrons. The van der Waals surface area contributed by atoms with Crippen molar-refractivity contribution in [1.82, 2.24) is 9.78 Å².